The average molecular weight is 282 g/mol. The van der Waals surface area contributed by atoms with E-state index in [1.54, 1.807) is 0 Å². The van der Waals surface area contributed by atoms with Crippen LogP contribution in [-0.2, 0) is 13.0 Å². The molecule has 110 valence electrons. The topological polar surface area (TPSA) is 38.5 Å². The molecule has 2 N–H and O–H groups in total. The van der Waals surface area contributed by atoms with Crippen molar-refractivity contribution < 1.29 is 4.74 Å². The third-order valence-corrected chi connectivity index (χ3v) is 3.98. The van der Waals surface area contributed by atoms with E-state index in [-0.39, 0.29) is 0 Å². The summed E-state index contributed by atoms with van der Waals surface area (Å²) in [5.74, 6) is 0.799. The SMILES string of the molecule is CCCOc1cccc(N2CCc3ccccc3C2)c1N. The molecule has 1 aliphatic rings. The third kappa shape index (κ3) is 2.82. The molecule has 0 unspecified atom stereocenters. The first-order chi connectivity index (χ1) is 10.3. The third-order valence-electron chi connectivity index (χ3n) is 3.98. The average Bonchev–Trinajstić information content (AvgIpc) is 2.53. The number of nitrogen functional groups attached to an aromatic ring is 1. The molecule has 0 bridgehead atoms. The number of benzene rings is 2. The first-order valence-corrected chi connectivity index (χ1v) is 7.62. The maximum absolute atomic E-state index is 6.31. The standard InChI is InChI=1S/C18H22N2O/c1-2-12-21-17-9-5-8-16(18(17)19)20-11-10-14-6-3-4-7-15(14)13-20/h3-9H,2,10-13,19H2,1H3. The lowest BCUT2D eigenvalue weighted by Crippen LogP contribution is -2.30. The van der Waals surface area contributed by atoms with Crippen molar-refractivity contribution in [2.45, 2.75) is 26.3 Å². The van der Waals surface area contributed by atoms with E-state index in [0.29, 0.717) is 6.61 Å². The normalized spacial score (nSPS) is 13.9. The zero-order valence-corrected chi connectivity index (χ0v) is 12.5. The van der Waals surface area contributed by atoms with E-state index in [2.05, 4.69) is 42.2 Å². The van der Waals surface area contributed by atoms with Crippen molar-refractivity contribution >= 4 is 11.4 Å². The maximum Gasteiger partial charge on any atom is 0.144 e. The van der Waals surface area contributed by atoms with Crippen molar-refractivity contribution in [2.75, 3.05) is 23.8 Å². The highest BCUT2D eigenvalue weighted by Crippen LogP contribution is 2.34. The molecule has 2 aromatic carbocycles. The van der Waals surface area contributed by atoms with Crippen LogP contribution in [0.25, 0.3) is 0 Å². The molecule has 0 fully saturated rings. The molecule has 3 rings (SSSR count). The molecule has 1 aliphatic heterocycles. The van der Waals surface area contributed by atoms with Gasteiger partial charge in [-0.3, -0.25) is 0 Å². The molecular formula is C18H22N2O. The van der Waals surface area contributed by atoms with Crippen LogP contribution in [-0.4, -0.2) is 13.2 Å². The molecule has 21 heavy (non-hydrogen) atoms. The zero-order valence-electron chi connectivity index (χ0n) is 12.5. The van der Waals surface area contributed by atoms with Crippen molar-refractivity contribution in [3.63, 3.8) is 0 Å². The molecule has 0 saturated heterocycles. The molecule has 2 aromatic rings. The van der Waals surface area contributed by atoms with Gasteiger partial charge in [0, 0.05) is 13.1 Å². The quantitative estimate of drug-likeness (QED) is 0.870. The summed E-state index contributed by atoms with van der Waals surface area (Å²) in [7, 11) is 0. The largest absolute Gasteiger partial charge is 0.491 e. The molecule has 1 heterocycles. The van der Waals surface area contributed by atoms with E-state index >= 15 is 0 Å². The lowest BCUT2D eigenvalue weighted by molar-refractivity contribution is 0.319. The van der Waals surface area contributed by atoms with E-state index < -0.39 is 0 Å². The minimum absolute atomic E-state index is 0.705. The van der Waals surface area contributed by atoms with Gasteiger partial charge in [-0.05, 0) is 36.1 Å². The first kappa shape index (κ1) is 13.8. The number of ether oxygens (including phenoxy) is 1. The van der Waals surface area contributed by atoms with Gasteiger partial charge in [0.2, 0.25) is 0 Å². The van der Waals surface area contributed by atoms with Crippen LogP contribution in [0, 0.1) is 0 Å². The molecule has 0 radical (unpaired) electrons. The van der Waals surface area contributed by atoms with Crippen LogP contribution in [0.5, 0.6) is 5.75 Å². The number of anilines is 2. The van der Waals surface area contributed by atoms with E-state index in [4.69, 9.17) is 10.5 Å². The summed E-state index contributed by atoms with van der Waals surface area (Å²) < 4.78 is 5.74. The Morgan fingerprint density at radius 1 is 1.10 bits per heavy atom. The summed E-state index contributed by atoms with van der Waals surface area (Å²) >= 11 is 0. The number of fused-ring (bicyclic) bond motifs is 1. The molecule has 0 spiro atoms. The molecule has 0 amide bonds. The van der Waals surface area contributed by atoms with Gasteiger partial charge in [-0.2, -0.15) is 0 Å². The van der Waals surface area contributed by atoms with Crippen LogP contribution in [0.1, 0.15) is 24.5 Å². The van der Waals surface area contributed by atoms with Crippen LogP contribution in [0.4, 0.5) is 11.4 Å². The molecule has 0 aromatic heterocycles. The molecule has 3 nitrogen and oxygen atoms in total. The monoisotopic (exact) mass is 282 g/mol. The summed E-state index contributed by atoms with van der Waals surface area (Å²) in [5.41, 5.74) is 11.0. The minimum Gasteiger partial charge on any atom is -0.491 e. The second kappa shape index (κ2) is 6.08. The van der Waals surface area contributed by atoms with Crippen molar-refractivity contribution in [2.24, 2.45) is 0 Å². The molecule has 3 heteroatoms. The molecule has 0 atom stereocenters. The van der Waals surface area contributed by atoms with E-state index in [0.717, 1.165) is 43.1 Å². The second-order valence-corrected chi connectivity index (χ2v) is 5.48. The Hall–Kier alpha value is -2.16. The predicted molar refractivity (Wildman–Crippen MR) is 87.8 cm³/mol. The maximum atomic E-state index is 6.31. The molecule has 0 aliphatic carbocycles. The van der Waals surface area contributed by atoms with Gasteiger partial charge in [-0.1, -0.05) is 37.3 Å². The van der Waals surface area contributed by atoms with Gasteiger partial charge < -0.3 is 15.4 Å². The van der Waals surface area contributed by atoms with Crippen molar-refractivity contribution in [3.05, 3.63) is 53.6 Å². The number of nitrogens with zero attached hydrogens (tertiary/aromatic N) is 1. The second-order valence-electron chi connectivity index (χ2n) is 5.48. The highest BCUT2D eigenvalue weighted by Gasteiger charge is 2.19. The smallest absolute Gasteiger partial charge is 0.144 e. The number of rotatable bonds is 4. The highest BCUT2D eigenvalue weighted by atomic mass is 16.5. The van der Waals surface area contributed by atoms with E-state index in [1.807, 2.05) is 12.1 Å². The van der Waals surface area contributed by atoms with Crippen LogP contribution in [0.3, 0.4) is 0 Å². The lowest BCUT2D eigenvalue weighted by atomic mass is 9.99. The highest BCUT2D eigenvalue weighted by molar-refractivity contribution is 5.74. The van der Waals surface area contributed by atoms with Gasteiger partial charge in [0.15, 0.2) is 0 Å². The predicted octanol–water partition coefficient (Wildman–Crippen LogP) is 3.62. The summed E-state index contributed by atoms with van der Waals surface area (Å²) in [5, 5.41) is 0. The van der Waals surface area contributed by atoms with Crippen molar-refractivity contribution in [3.8, 4) is 5.75 Å². The van der Waals surface area contributed by atoms with Crippen molar-refractivity contribution in [1.82, 2.24) is 0 Å². The fourth-order valence-corrected chi connectivity index (χ4v) is 2.85. The van der Waals surface area contributed by atoms with Crippen molar-refractivity contribution in [1.29, 1.82) is 0 Å². The van der Waals surface area contributed by atoms with Gasteiger partial charge in [-0.25, -0.2) is 0 Å². The number of para-hydroxylation sites is 1. The number of nitrogens with two attached hydrogens (primary N) is 1. The Labute approximate surface area is 126 Å². The van der Waals surface area contributed by atoms with Crippen LogP contribution in [0.2, 0.25) is 0 Å². The Morgan fingerprint density at radius 2 is 1.90 bits per heavy atom. The number of hydrogen-bond donors (Lipinski definition) is 1. The fourth-order valence-electron chi connectivity index (χ4n) is 2.85. The fraction of sp³-hybridized carbons (Fsp3) is 0.333. The van der Waals surface area contributed by atoms with E-state index in [1.165, 1.54) is 11.1 Å². The Balaban J connectivity index is 1.85. The van der Waals surface area contributed by atoms with Crippen LogP contribution >= 0.6 is 0 Å². The minimum atomic E-state index is 0.705. The van der Waals surface area contributed by atoms with Gasteiger partial charge in [-0.15, -0.1) is 0 Å². The van der Waals surface area contributed by atoms with Gasteiger partial charge in [0.1, 0.15) is 5.75 Å². The van der Waals surface area contributed by atoms with Crippen LogP contribution < -0.4 is 15.4 Å². The van der Waals surface area contributed by atoms with Gasteiger partial charge in [0.05, 0.1) is 18.0 Å². The summed E-state index contributed by atoms with van der Waals surface area (Å²) in [6, 6.07) is 14.7. The number of hydrogen-bond acceptors (Lipinski definition) is 3. The van der Waals surface area contributed by atoms with E-state index in [9.17, 15) is 0 Å². The Bertz CT molecular complexity index is 624. The van der Waals surface area contributed by atoms with Gasteiger partial charge >= 0.3 is 0 Å². The molecule has 0 saturated carbocycles. The zero-order chi connectivity index (χ0) is 14.7. The van der Waals surface area contributed by atoms with Crippen LogP contribution in [0.15, 0.2) is 42.5 Å². The summed E-state index contributed by atoms with van der Waals surface area (Å²) in [6.45, 7) is 4.72. The lowest BCUT2D eigenvalue weighted by Gasteiger charge is -2.32. The summed E-state index contributed by atoms with van der Waals surface area (Å²) in [6.07, 6.45) is 2.05. The van der Waals surface area contributed by atoms with Gasteiger partial charge in [0.25, 0.3) is 0 Å². The Kier molecular flexibility index (Phi) is 4.00. The summed E-state index contributed by atoms with van der Waals surface area (Å²) in [4.78, 5) is 2.34. The molecular weight excluding hydrogens is 260 g/mol. The first-order valence-electron chi connectivity index (χ1n) is 7.62. The Morgan fingerprint density at radius 3 is 2.71 bits per heavy atom.